The van der Waals surface area contributed by atoms with E-state index >= 15 is 0 Å². The van der Waals surface area contributed by atoms with Crippen LogP contribution in [-0.2, 0) is 12.7 Å². The van der Waals surface area contributed by atoms with Crippen molar-refractivity contribution in [3.05, 3.63) is 53.5 Å². The van der Waals surface area contributed by atoms with Crippen LogP contribution < -0.4 is 5.32 Å². The van der Waals surface area contributed by atoms with Gasteiger partial charge >= 0.3 is 6.18 Å². The molecule has 0 spiro atoms. The zero-order chi connectivity index (χ0) is 13.9. The summed E-state index contributed by atoms with van der Waals surface area (Å²) in [5.41, 5.74) is -0.757. The fraction of sp³-hybridized carbons (Fsp3) is 0.154. The van der Waals surface area contributed by atoms with Crippen LogP contribution in [0.3, 0.4) is 0 Å². The predicted molar refractivity (Wildman–Crippen MR) is 62.2 cm³/mol. The minimum atomic E-state index is -4.41. The summed E-state index contributed by atoms with van der Waals surface area (Å²) >= 11 is 0. The summed E-state index contributed by atoms with van der Waals surface area (Å²) in [6, 6.07) is 10.0. The third kappa shape index (κ3) is 3.07. The summed E-state index contributed by atoms with van der Waals surface area (Å²) in [4.78, 5) is 0. The lowest BCUT2D eigenvalue weighted by Gasteiger charge is -2.13. The zero-order valence-electron chi connectivity index (χ0n) is 9.66. The van der Waals surface area contributed by atoms with Crippen LogP contribution in [-0.4, -0.2) is 0 Å². The number of anilines is 1. The fourth-order valence-corrected chi connectivity index (χ4v) is 1.60. The van der Waals surface area contributed by atoms with Crippen molar-refractivity contribution in [2.45, 2.75) is 12.7 Å². The van der Waals surface area contributed by atoms with Crippen molar-refractivity contribution in [1.29, 1.82) is 5.26 Å². The molecule has 0 amide bonds. The van der Waals surface area contributed by atoms with E-state index in [0.717, 1.165) is 6.07 Å². The van der Waals surface area contributed by atoms with Gasteiger partial charge in [-0.3, -0.25) is 0 Å². The normalized spacial score (nSPS) is 11.1. The van der Waals surface area contributed by atoms with Crippen LogP contribution in [0.15, 0.2) is 40.8 Å². The number of furan rings is 1. The molecule has 0 bridgehead atoms. The number of nitrogens with zero attached hydrogens (tertiary/aromatic N) is 1. The molecule has 6 heteroatoms. The molecule has 1 aromatic carbocycles. The third-order valence-corrected chi connectivity index (χ3v) is 2.46. The summed E-state index contributed by atoms with van der Waals surface area (Å²) in [5.74, 6) is 0.523. The highest BCUT2D eigenvalue weighted by Crippen LogP contribution is 2.34. The first kappa shape index (κ1) is 13.0. The summed E-state index contributed by atoms with van der Waals surface area (Å²) < 4.78 is 43.3. The van der Waals surface area contributed by atoms with Crippen molar-refractivity contribution in [2.75, 3.05) is 5.32 Å². The van der Waals surface area contributed by atoms with Crippen LogP contribution in [0.1, 0.15) is 17.1 Å². The second-order valence-electron chi connectivity index (χ2n) is 3.77. The molecule has 0 fully saturated rings. The lowest BCUT2D eigenvalue weighted by atomic mass is 10.1. The standard InChI is InChI=1S/C13H9F3N2O/c14-13(15,16)11-3-1-2-4-12(11)18-8-10-6-5-9(7-17)19-10/h1-6,18H,8H2. The lowest BCUT2D eigenvalue weighted by Crippen LogP contribution is -2.10. The van der Waals surface area contributed by atoms with Gasteiger partial charge in [-0.1, -0.05) is 12.1 Å². The van der Waals surface area contributed by atoms with Crippen LogP contribution in [0.4, 0.5) is 18.9 Å². The van der Waals surface area contributed by atoms with Crippen LogP contribution in [0.25, 0.3) is 0 Å². The second kappa shape index (κ2) is 5.06. The van der Waals surface area contributed by atoms with E-state index in [2.05, 4.69) is 5.32 Å². The van der Waals surface area contributed by atoms with Crippen molar-refractivity contribution < 1.29 is 17.6 Å². The van der Waals surface area contributed by atoms with Crippen molar-refractivity contribution in [1.82, 2.24) is 0 Å². The van der Waals surface area contributed by atoms with Gasteiger partial charge in [0.15, 0.2) is 0 Å². The molecule has 1 N–H and O–H groups in total. The Labute approximate surface area is 107 Å². The van der Waals surface area contributed by atoms with Crippen LogP contribution >= 0.6 is 0 Å². The molecule has 0 saturated heterocycles. The summed E-state index contributed by atoms with van der Waals surface area (Å²) in [5, 5.41) is 11.2. The Morgan fingerprint density at radius 3 is 2.53 bits per heavy atom. The van der Waals surface area contributed by atoms with Crippen molar-refractivity contribution >= 4 is 5.69 Å². The fourth-order valence-electron chi connectivity index (χ4n) is 1.60. The maximum absolute atomic E-state index is 12.7. The van der Waals surface area contributed by atoms with E-state index in [0.29, 0.717) is 5.76 Å². The van der Waals surface area contributed by atoms with E-state index in [-0.39, 0.29) is 18.0 Å². The summed E-state index contributed by atoms with van der Waals surface area (Å²) in [6.45, 7) is 0.0781. The molecule has 0 radical (unpaired) electrons. The molecule has 1 aromatic heterocycles. The van der Waals surface area contributed by atoms with Gasteiger partial charge in [-0.2, -0.15) is 18.4 Å². The summed E-state index contributed by atoms with van der Waals surface area (Å²) in [6.07, 6.45) is -4.41. The minimum Gasteiger partial charge on any atom is -0.449 e. The van der Waals surface area contributed by atoms with E-state index < -0.39 is 11.7 Å². The first-order chi connectivity index (χ1) is 9.00. The predicted octanol–water partition coefficient (Wildman–Crippen LogP) is 3.78. The first-order valence-electron chi connectivity index (χ1n) is 5.39. The van der Waals surface area contributed by atoms with Crippen LogP contribution in [0.2, 0.25) is 0 Å². The molecule has 98 valence electrons. The Kier molecular flexibility index (Phi) is 3.47. The first-order valence-corrected chi connectivity index (χ1v) is 5.39. The molecule has 0 aliphatic rings. The smallest absolute Gasteiger partial charge is 0.418 e. The van der Waals surface area contributed by atoms with E-state index in [4.69, 9.17) is 9.68 Å². The number of para-hydroxylation sites is 1. The van der Waals surface area contributed by atoms with Crippen molar-refractivity contribution in [3.8, 4) is 6.07 Å². The molecule has 2 rings (SSSR count). The number of hydrogen-bond acceptors (Lipinski definition) is 3. The molecule has 0 aliphatic carbocycles. The maximum atomic E-state index is 12.7. The number of hydrogen-bond donors (Lipinski definition) is 1. The van der Waals surface area contributed by atoms with Crippen molar-refractivity contribution in [3.63, 3.8) is 0 Å². The molecule has 0 saturated carbocycles. The van der Waals surface area contributed by atoms with Gasteiger partial charge in [-0.25, -0.2) is 0 Å². The molecule has 0 unspecified atom stereocenters. The molecular weight excluding hydrogens is 257 g/mol. The second-order valence-corrected chi connectivity index (χ2v) is 3.77. The van der Waals surface area contributed by atoms with Gasteiger partial charge in [0.1, 0.15) is 11.8 Å². The topological polar surface area (TPSA) is 49.0 Å². The molecule has 0 aliphatic heterocycles. The number of halogens is 3. The number of nitrogens with one attached hydrogen (secondary N) is 1. The number of alkyl halides is 3. The van der Waals surface area contributed by atoms with Crippen LogP contribution in [0.5, 0.6) is 0 Å². The molecule has 3 nitrogen and oxygen atoms in total. The number of nitriles is 1. The van der Waals surface area contributed by atoms with E-state index in [9.17, 15) is 13.2 Å². The Bertz CT molecular complexity index is 611. The van der Waals surface area contributed by atoms with Gasteiger partial charge in [0.25, 0.3) is 0 Å². The van der Waals surface area contributed by atoms with E-state index in [1.165, 1.54) is 24.3 Å². The highest BCUT2D eigenvalue weighted by Gasteiger charge is 2.33. The van der Waals surface area contributed by atoms with Gasteiger partial charge in [0.05, 0.1) is 12.1 Å². The zero-order valence-corrected chi connectivity index (χ0v) is 9.66. The third-order valence-electron chi connectivity index (χ3n) is 2.46. The molecule has 2 aromatic rings. The maximum Gasteiger partial charge on any atom is 0.418 e. The quantitative estimate of drug-likeness (QED) is 0.919. The number of benzene rings is 1. The number of rotatable bonds is 3. The Morgan fingerprint density at radius 1 is 1.16 bits per heavy atom. The Morgan fingerprint density at radius 2 is 1.89 bits per heavy atom. The van der Waals surface area contributed by atoms with Gasteiger partial charge in [-0.15, -0.1) is 0 Å². The minimum absolute atomic E-state index is 0.0232. The van der Waals surface area contributed by atoms with Crippen molar-refractivity contribution in [2.24, 2.45) is 0 Å². The van der Waals surface area contributed by atoms with Gasteiger partial charge in [0.2, 0.25) is 5.76 Å². The Hall–Kier alpha value is -2.42. The Balaban J connectivity index is 2.14. The highest BCUT2D eigenvalue weighted by molar-refractivity contribution is 5.52. The highest BCUT2D eigenvalue weighted by atomic mass is 19.4. The average Bonchev–Trinajstić information content (AvgIpc) is 2.83. The SMILES string of the molecule is N#Cc1ccc(CNc2ccccc2C(F)(F)F)o1. The van der Waals surface area contributed by atoms with Gasteiger partial charge in [-0.05, 0) is 24.3 Å². The van der Waals surface area contributed by atoms with E-state index in [1.54, 1.807) is 12.1 Å². The monoisotopic (exact) mass is 266 g/mol. The molecule has 19 heavy (non-hydrogen) atoms. The van der Waals surface area contributed by atoms with Crippen LogP contribution in [0, 0.1) is 11.3 Å². The summed E-state index contributed by atoms with van der Waals surface area (Å²) in [7, 11) is 0. The van der Waals surface area contributed by atoms with Gasteiger partial charge < -0.3 is 9.73 Å². The molecule has 1 heterocycles. The molecule has 0 atom stereocenters. The largest absolute Gasteiger partial charge is 0.449 e. The van der Waals surface area contributed by atoms with E-state index in [1.807, 2.05) is 0 Å². The average molecular weight is 266 g/mol. The molecular formula is C13H9F3N2O. The van der Waals surface area contributed by atoms with Gasteiger partial charge in [0, 0.05) is 5.69 Å². The lowest BCUT2D eigenvalue weighted by molar-refractivity contribution is -0.137.